The Balaban J connectivity index is 2.33. The summed E-state index contributed by atoms with van der Waals surface area (Å²) in [6.45, 7) is -2.68. The van der Waals surface area contributed by atoms with Crippen molar-refractivity contribution in [2.24, 2.45) is 0 Å². The Hall–Kier alpha value is -1.75. The number of nitrogens with zero attached hydrogens (tertiary/aromatic N) is 1. The normalized spacial score (nSPS) is 20.1. The van der Waals surface area contributed by atoms with Gasteiger partial charge in [0.15, 0.2) is 0 Å². The summed E-state index contributed by atoms with van der Waals surface area (Å²) in [6.07, 6.45) is 2.07. The number of carbonyl (C=O) groups is 1. The smallest absolute Gasteiger partial charge is 0.301 e. The van der Waals surface area contributed by atoms with Crippen molar-refractivity contribution in [1.82, 2.24) is 10.4 Å². The molecule has 1 aromatic rings. The van der Waals surface area contributed by atoms with Crippen molar-refractivity contribution in [1.29, 1.82) is 0 Å². The van der Waals surface area contributed by atoms with Gasteiger partial charge in [0.2, 0.25) is 0 Å². The molecule has 0 saturated carbocycles. The first-order chi connectivity index (χ1) is 7.72. The van der Waals surface area contributed by atoms with E-state index < -0.39 is 12.6 Å². The van der Waals surface area contributed by atoms with Crippen LogP contribution in [0.4, 0.5) is 8.78 Å². The van der Waals surface area contributed by atoms with Gasteiger partial charge in [-0.25, -0.2) is 10.4 Å². The molecule has 0 saturated heterocycles. The van der Waals surface area contributed by atoms with Crippen LogP contribution in [0.1, 0.15) is 5.56 Å². The monoisotopic (exact) mass is 224 g/mol. The lowest BCUT2D eigenvalue weighted by Gasteiger charge is -2.21. The Morgan fingerprint density at radius 3 is 2.56 bits per heavy atom. The second-order valence-electron chi connectivity index (χ2n) is 3.36. The van der Waals surface area contributed by atoms with E-state index in [4.69, 9.17) is 0 Å². The average Bonchev–Trinajstić information content (AvgIpc) is 2.74. The molecule has 5 heteroatoms. The van der Waals surface area contributed by atoms with Gasteiger partial charge >= 0.3 is 6.55 Å². The van der Waals surface area contributed by atoms with Crippen LogP contribution in [0.15, 0.2) is 36.4 Å². The van der Waals surface area contributed by atoms with Gasteiger partial charge in [0.25, 0.3) is 0 Å². The number of halogens is 2. The molecule has 84 valence electrons. The van der Waals surface area contributed by atoms with Crippen molar-refractivity contribution in [3.8, 4) is 0 Å². The van der Waals surface area contributed by atoms with Crippen LogP contribution >= 0.6 is 0 Å². The molecule has 1 aromatic carbocycles. The average molecular weight is 224 g/mol. The molecule has 0 spiro atoms. The van der Waals surface area contributed by atoms with E-state index in [0.29, 0.717) is 22.6 Å². The van der Waals surface area contributed by atoms with Crippen LogP contribution in [0.25, 0.3) is 5.70 Å². The van der Waals surface area contributed by atoms with Crippen LogP contribution in [0.3, 0.4) is 0 Å². The third-order valence-corrected chi connectivity index (χ3v) is 2.30. The number of carbonyl (C=O) groups excluding carboxylic acids is 1. The van der Waals surface area contributed by atoms with Crippen LogP contribution < -0.4 is 5.43 Å². The molecule has 0 radical (unpaired) electrons. The number of nitrogens with one attached hydrogen (secondary N) is 1. The summed E-state index contributed by atoms with van der Waals surface area (Å²) < 4.78 is 25.4. The first-order valence-electron chi connectivity index (χ1n) is 4.78. The first kappa shape index (κ1) is 10.8. The maximum Gasteiger partial charge on any atom is 0.328 e. The van der Waals surface area contributed by atoms with Crippen LogP contribution in [0, 0.1) is 0 Å². The molecule has 1 N–H and O–H groups in total. The maximum atomic E-state index is 12.7. The fourth-order valence-corrected chi connectivity index (χ4v) is 1.59. The van der Waals surface area contributed by atoms with Crippen molar-refractivity contribution in [3.05, 3.63) is 42.0 Å². The Morgan fingerprint density at radius 2 is 2.00 bits per heavy atom. The van der Waals surface area contributed by atoms with Crippen LogP contribution in [0.5, 0.6) is 0 Å². The third kappa shape index (κ3) is 1.94. The van der Waals surface area contributed by atoms with Crippen molar-refractivity contribution in [3.63, 3.8) is 0 Å². The van der Waals surface area contributed by atoms with E-state index in [-0.39, 0.29) is 0 Å². The lowest BCUT2D eigenvalue weighted by Crippen LogP contribution is -2.40. The lowest BCUT2D eigenvalue weighted by molar-refractivity contribution is -0.110. The Labute approximate surface area is 91.3 Å². The highest BCUT2D eigenvalue weighted by Gasteiger charge is 2.29. The SMILES string of the molecule is O=CC1C=C(c2ccccc2)N(C(F)F)N1. The number of aldehydes is 1. The molecule has 3 nitrogen and oxygen atoms in total. The largest absolute Gasteiger partial charge is 0.328 e. The summed E-state index contributed by atoms with van der Waals surface area (Å²) >= 11 is 0. The van der Waals surface area contributed by atoms with Crippen LogP contribution in [-0.4, -0.2) is 23.9 Å². The lowest BCUT2D eigenvalue weighted by atomic mass is 10.1. The zero-order valence-corrected chi connectivity index (χ0v) is 8.31. The predicted molar refractivity (Wildman–Crippen MR) is 55.2 cm³/mol. The van der Waals surface area contributed by atoms with E-state index in [0.717, 1.165) is 0 Å². The highest BCUT2D eigenvalue weighted by atomic mass is 19.3. The Kier molecular flexibility index (Phi) is 2.96. The first-order valence-corrected chi connectivity index (χ1v) is 4.78. The number of benzene rings is 1. The summed E-state index contributed by atoms with van der Waals surface area (Å²) in [5, 5.41) is 0.703. The number of hydrazine groups is 1. The van der Waals surface area contributed by atoms with Gasteiger partial charge in [-0.2, -0.15) is 8.78 Å². The molecular formula is C11H10F2N2O. The quantitative estimate of drug-likeness (QED) is 0.625. The maximum absolute atomic E-state index is 12.7. The van der Waals surface area contributed by atoms with Crippen molar-refractivity contribution >= 4 is 12.0 Å². The predicted octanol–water partition coefficient (Wildman–Crippen LogP) is 1.64. The summed E-state index contributed by atoms with van der Waals surface area (Å²) in [6, 6.07) is 8.06. The molecule has 2 rings (SSSR count). The molecule has 0 aromatic heterocycles. The highest BCUT2D eigenvalue weighted by Crippen LogP contribution is 2.25. The molecule has 1 aliphatic heterocycles. The molecule has 1 unspecified atom stereocenters. The van der Waals surface area contributed by atoms with Crippen molar-refractivity contribution < 1.29 is 13.6 Å². The van der Waals surface area contributed by atoms with Gasteiger partial charge in [-0.15, -0.1) is 0 Å². The van der Waals surface area contributed by atoms with E-state index in [2.05, 4.69) is 5.43 Å². The van der Waals surface area contributed by atoms with E-state index in [1.807, 2.05) is 0 Å². The highest BCUT2D eigenvalue weighted by molar-refractivity contribution is 5.74. The minimum Gasteiger partial charge on any atom is -0.301 e. The zero-order valence-electron chi connectivity index (χ0n) is 8.31. The van der Waals surface area contributed by atoms with Crippen LogP contribution in [-0.2, 0) is 4.79 Å². The van der Waals surface area contributed by atoms with Gasteiger partial charge < -0.3 is 4.79 Å². The van der Waals surface area contributed by atoms with Crippen LogP contribution in [0.2, 0.25) is 0 Å². The second kappa shape index (κ2) is 4.40. The Morgan fingerprint density at radius 1 is 1.31 bits per heavy atom. The molecule has 1 aliphatic rings. The van der Waals surface area contributed by atoms with Gasteiger partial charge in [0.05, 0.1) is 5.70 Å². The van der Waals surface area contributed by atoms with E-state index >= 15 is 0 Å². The molecular weight excluding hydrogens is 214 g/mol. The standard InChI is InChI=1S/C11H10F2N2O/c12-11(13)15-10(6-9(7-16)14-15)8-4-2-1-3-5-8/h1-7,9,11,14H. The van der Waals surface area contributed by atoms with Crippen molar-refractivity contribution in [2.75, 3.05) is 0 Å². The minimum absolute atomic E-state index is 0.327. The molecule has 16 heavy (non-hydrogen) atoms. The number of alkyl halides is 2. The minimum atomic E-state index is -2.68. The molecule has 0 aliphatic carbocycles. The van der Waals surface area contributed by atoms with Gasteiger partial charge in [-0.05, 0) is 11.6 Å². The molecule has 0 amide bonds. The molecule has 1 atom stereocenters. The summed E-state index contributed by atoms with van der Waals surface area (Å²) in [5.74, 6) is 0. The zero-order chi connectivity index (χ0) is 11.5. The second-order valence-corrected chi connectivity index (χ2v) is 3.36. The van der Waals surface area contributed by atoms with Crippen molar-refractivity contribution in [2.45, 2.75) is 12.6 Å². The van der Waals surface area contributed by atoms with Gasteiger partial charge in [0.1, 0.15) is 12.3 Å². The fourth-order valence-electron chi connectivity index (χ4n) is 1.59. The fraction of sp³-hybridized carbons (Fsp3) is 0.182. The number of rotatable bonds is 3. The van der Waals surface area contributed by atoms with Gasteiger partial charge in [0, 0.05) is 0 Å². The van der Waals surface area contributed by atoms with E-state index in [1.54, 1.807) is 30.3 Å². The topological polar surface area (TPSA) is 32.3 Å². The van der Waals surface area contributed by atoms with E-state index in [9.17, 15) is 13.6 Å². The third-order valence-electron chi connectivity index (χ3n) is 2.30. The number of hydrogen-bond donors (Lipinski definition) is 1. The van der Waals surface area contributed by atoms with Gasteiger partial charge in [-0.1, -0.05) is 30.3 Å². The Bertz CT molecular complexity index is 406. The number of hydrogen-bond acceptors (Lipinski definition) is 3. The molecule has 1 heterocycles. The van der Waals surface area contributed by atoms with E-state index in [1.165, 1.54) is 6.08 Å². The summed E-state index contributed by atoms with van der Waals surface area (Å²) in [5.41, 5.74) is 3.39. The summed E-state index contributed by atoms with van der Waals surface area (Å²) in [4.78, 5) is 10.6. The van der Waals surface area contributed by atoms with Gasteiger partial charge in [-0.3, -0.25) is 0 Å². The molecule has 0 fully saturated rings. The molecule has 0 bridgehead atoms. The summed E-state index contributed by atoms with van der Waals surface area (Å²) in [7, 11) is 0.